The molecule has 0 amide bonds. The Kier molecular flexibility index (Phi) is 3.87. The molecule has 2 heterocycles. The van der Waals surface area contributed by atoms with Gasteiger partial charge in [-0.2, -0.15) is 4.31 Å². The van der Waals surface area contributed by atoms with Crippen molar-refractivity contribution >= 4 is 10.0 Å². The van der Waals surface area contributed by atoms with Crippen molar-refractivity contribution in [2.45, 2.75) is 51.1 Å². The summed E-state index contributed by atoms with van der Waals surface area (Å²) in [6, 6.07) is 0.439. The zero-order valence-corrected chi connectivity index (χ0v) is 10.8. The maximum absolute atomic E-state index is 12.2. The first kappa shape index (κ1) is 12.3. The molecule has 2 fully saturated rings. The fourth-order valence-corrected chi connectivity index (χ4v) is 4.93. The Bertz CT molecular complexity index is 323. The summed E-state index contributed by atoms with van der Waals surface area (Å²) in [7, 11) is -3.03. The smallest absolute Gasteiger partial charge is 0.215 e. The predicted molar refractivity (Wildman–Crippen MR) is 64.8 cm³/mol. The van der Waals surface area contributed by atoms with Gasteiger partial charge in [0.15, 0.2) is 0 Å². The van der Waals surface area contributed by atoms with E-state index in [0.29, 0.717) is 5.75 Å². The Morgan fingerprint density at radius 3 is 2.75 bits per heavy atom. The van der Waals surface area contributed by atoms with Gasteiger partial charge in [0.05, 0.1) is 5.75 Å². The van der Waals surface area contributed by atoms with E-state index < -0.39 is 10.0 Å². The molecule has 2 aliphatic rings. The Balaban J connectivity index is 2.00. The van der Waals surface area contributed by atoms with Crippen LogP contribution in [0.1, 0.15) is 39.0 Å². The monoisotopic (exact) mass is 246 g/mol. The molecule has 2 saturated heterocycles. The Hall–Kier alpha value is -0.130. The van der Waals surface area contributed by atoms with Crippen LogP contribution in [-0.2, 0) is 10.0 Å². The molecule has 0 bridgehead atoms. The van der Waals surface area contributed by atoms with Gasteiger partial charge in [0, 0.05) is 18.6 Å². The van der Waals surface area contributed by atoms with Crippen molar-refractivity contribution in [3.63, 3.8) is 0 Å². The SMILES string of the molecule is CCC1CCCN1S(=O)(=O)CC1CCCN1. The van der Waals surface area contributed by atoms with Gasteiger partial charge in [-0.25, -0.2) is 8.42 Å². The van der Waals surface area contributed by atoms with E-state index in [0.717, 1.165) is 45.2 Å². The molecule has 1 N–H and O–H groups in total. The zero-order valence-electron chi connectivity index (χ0n) is 9.98. The topological polar surface area (TPSA) is 49.4 Å². The second-order valence-electron chi connectivity index (χ2n) is 4.89. The summed E-state index contributed by atoms with van der Waals surface area (Å²) in [5.74, 6) is 0.295. The van der Waals surface area contributed by atoms with Crippen LogP contribution in [0.5, 0.6) is 0 Å². The second-order valence-corrected chi connectivity index (χ2v) is 6.85. The van der Waals surface area contributed by atoms with Crippen LogP contribution in [0.2, 0.25) is 0 Å². The summed E-state index contributed by atoms with van der Waals surface area (Å²) in [6.07, 6.45) is 5.11. The first-order valence-corrected chi connectivity index (χ1v) is 7.97. The lowest BCUT2D eigenvalue weighted by Gasteiger charge is -2.24. The molecule has 0 saturated carbocycles. The van der Waals surface area contributed by atoms with E-state index in [4.69, 9.17) is 0 Å². The van der Waals surface area contributed by atoms with Crippen LogP contribution in [0.15, 0.2) is 0 Å². The molecule has 2 unspecified atom stereocenters. The molecule has 2 aliphatic heterocycles. The van der Waals surface area contributed by atoms with E-state index in [2.05, 4.69) is 12.2 Å². The molecule has 16 heavy (non-hydrogen) atoms. The molecule has 0 aliphatic carbocycles. The molecule has 5 heteroatoms. The zero-order chi connectivity index (χ0) is 11.6. The second kappa shape index (κ2) is 5.02. The van der Waals surface area contributed by atoms with Crippen LogP contribution >= 0.6 is 0 Å². The fraction of sp³-hybridized carbons (Fsp3) is 1.00. The molecule has 0 aromatic rings. The minimum absolute atomic E-state index is 0.183. The number of nitrogens with zero attached hydrogens (tertiary/aromatic N) is 1. The van der Waals surface area contributed by atoms with Crippen molar-refractivity contribution in [3.05, 3.63) is 0 Å². The average Bonchev–Trinajstić information content (AvgIpc) is 2.85. The van der Waals surface area contributed by atoms with Crippen molar-refractivity contribution in [1.29, 1.82) is 0 Å². The van der Waals surface area contributed by atoms with Crippen LogP contribution < -0.4 is 5.32 Å². The first-order valence-electron chi connectivity index (χ1n) is 6.36. The van der Waals surface area contributed by atoms with E-state index in [-0.39, 0.29) is 12.1 Å². The molecule has 4 nitrogen and oxygen atoms in total. The highest BCUT2D eigenvalue weighted by Crippen LogP contribution is 2.24. The van der Waals surface area contributed by atoms with Gasteiger partial charge >= 0.3 is 0 Å². The third-order valence-electron chi connectivity index (χ3n) is 3.73. The maximum atomic E-state index is 12.2. The van der Waals surface area contributed by atoms with Gasteiger partial charge in [-0.05, 0) is 38.6 Å². The minimum Gasteiger partial charge on any atom is -0.313 e. The van der Waals surface area contributed by atoms with E-state index in [9.17, 15) is 8.42 Å². The molecular formula is C11H22N2O2S. The molecule has 0 aromatic carbocycles. The molecule has 0 spiro atoms. The molecule has 0 radical (unpaired) electrons. The van der Waals surface area contributed by atoms with E-state index in [1.165, 1.54) is 0 Å². The minimum atomic E-state index is -3.03. The van der Waals surface area contributed by atoms with Crippen LogP contribution in [0.25, 0.3) is 0 Å². The Labute approximate surface area is 98.4 Å². The quantitative estimate of drug-likeness (QED) is 0.803. The lowest BCUT2D eigenvalue weighted by molar-refractivity contribution is 0.377. The number of nitrogens with one attached hydrogen (secondary N) is 1. The average molecular weight is 246 g/mol. The van der Waals surface area contributed by atoms with Crippen molar-refractivity contribution in [2.24, 2.45) is 0 Å². The van der Waals surface area contributed by atoms with Crippen LogP contribution in [0.4, 0.5) is 0 Å². The Morgan fingerprint density at radius 1 is 1.31 bits per heavy atom. The van der Waals surface area contributed by atoms with Crippen LogP contribution in [0, 0.1) is 0 Å². The van der Waals surface area contributed by atoms with Gasteiger partial charge in [-0.3, -0.25) is 0 Å². The summed E-state index contributed by atoms with van der Waals surface area (Å²) < 4.78 is 26.2. The maximum Gasteiger partial charge on any atom is 0.215 e. The van der Waals surface area contributed by atoms with Crippen LogP contribution in [-0.4, -0.2) is 43.6 Å². The lowest BCUT2D eigenvalue weighted by Crippen LogP contribution is -2.41. The number of hydrogen-bond donors (Lipinski definition) is 1. The van der Waals surface area contributed by atoms with Crippen molar-refractivity contribution in [2.75, 3.05) is 18.8 Å². The van der Waals surface area contributed by atoms with Gasteiger partial charge in [-0.1, -0.05) is 6.92 Å². The predicted octanol–water partition coefficient (Wildman–Crippen LogP) is 0.943. The normalized spacial score (nSPS) is 32.3. The van der Waals surface area contributed by atoms with Crippen molar-refractivity contribution < 1.29 is 8.42 Å². The number of sulfonamides is 1. The van der Waals surface area contributed by atoms with E-state index in [1.54, 1.807) is 4.31 Å². The van der Waals surface area contributed by atoms with Gasteiger partial charge in [0.2, 0.25) is 10.0 Å². The third-order valence-corrected chi connectivity index (χ3v) is 5.74. The summed E-state index contributed by atoms with van der Waals surface area (Å²) in [4.78, 5) is 0. The van der Waals surface area contributed by atoms with Gasteiger partial charge in [0.25, 0.3) is 0 Å². The standard InChI is InChI=1S/C11H22N2O2S/c1-2-11-6-4-8-13(11)16(14,15)9-10-5-3-7-12-10/h10-12H,2-9H2,1H3. The summed E-state index contributed by atoms with van der Waals surface area (Å²) >= 11 is 0. The molecule has 0 aromatic heterocycles. The number of hydrogen-bond acceptors (Lipinski definition) is 3. The number of rotatable bonds is 4. The van der Waals surface area contributed by atoms with E-state index in [1.807, 2.05) is 0 Å². The highest BCUT2D eigenvalue weighted by atomic mass is 32.2. The lowest BCUT2D eigenvalue weighted by atomic mass is 10.2. The summed E-state index contributed by atoms with van der Waals surface area (Å²) in [5, 5.41) is 3.26. The summed E-state index contributed by atoms with van der Waals surface area (Å²) in [6.45, 7) is 3.78. The van der Waals surface area contributed by atoms with Crippen LogP contribution in [0.3, 0.4) is 0 Å². The van der Waals surface area contributed by atoms with Crippen molar-refractivity contribution in [1.82, 2.24) is 9.62 Å². The van der Waals surface area contributed by atoms with Gasteiger partial charge in [0.1, 0.15) is 0 Å². The molecule has 2 atom stereocenters. The Morgan fingerprint density at radius 2 is 2.12 bits per heavy atom. The molecular weight excluding hydrogens is 224 g/mol. The summed E-state index contributed by atoms with van der Waals surface area (Å²) in [5.41, 5.74) is 0. The first-order chi connectivity index (χ1) is 7.63. The molecule has 94 valence electrons. The largest absolute Gasteiger partial charge is 0.313 e. The molecule has 2 rings (SSSR count). The third kappa shape index (κ3) is 2.57. The van der Waals surface area contributed by atoms with Gasteiger partial charge < -0.3 is 5.32 Å². The highest BCUT2D eigenvalue weighted by molar-refractivity contribution is 7.89. The van der Waals surface area contributed by atoms with E-state index >= 15 is 0 Å². The fourth-order valence-electron chi connectivity index (χ4n) is 2.83. The van der Waals surface area contributed by atoms with Gasteiger partial charge in [-0.15, -0.1) is 0 Å². The van der Waals surface area contributed by atoms with Crippen molar-refractivity contribution in [3.8, 4) is 0 Å². The highest BCUT2D eigenvalue weighted by Gasteiger charge is 2.34.